The van der Waals surface area contributed by atoms with Gasteiger partial charge < -0.3 is 26.3 Å². The Bertz CT molecular complexity index is 460. The minimum atomic E-state index is -0.547. The lowest BCUT2D eigenvalue weighted by atomic mass is 10.2. The lowest BCUT2D eigenvalue weighted by Crippen LogP contribution is -2.23. The van der Waals surface area contributed by atoms with Crippen LogP contribution in [0.4, 0.5) is 10.7 Å². The number of carbonyl (C=O) groups is 1. The number of amides is 1. The second-order valence-corrected chi connectivity index (χ2v) is 5.76. The van der Waals surface area contributed by atoms with Crippen molar-refractivity contribution in [3.8, 4) is 5.75 Å². The first-order chi connectivity index (χ1) is 9.40. The zero-order chi connectivity index (χ0) is 15.3. The molecule has 0 aliphatic heterocycles. The summed E-state index contributed by atoms with van der Waals surface area (Å²) >= 11 is 1.21. The smallest absolute Gasteiger partial charge is 0.261 e. The summed E-state index contributed by atoms with van der Waals surface area (Å²) in [4.78, 5) is 11.7. The molecule has 1 aromatic rings. The van der Waals surface area contributed by atoms with Gasteiger partial charge in [0.05, 0.1) is 18.8 Å². The van der Waals surface area contributed by atoms with Crippen molar-refractivity contribution in [3.05, 3.63) is 4.88 Å². The summed E-state index contributed by atoms with van der Waals surface area (Å²) in [5.74, 6) is -0.0534. The van der Waals surface area contributed by atoms with Crippen LogP contribution in [0.1, 0.15) is 36.9 Å². The first kappa shape index (κ1) is 16.6. The van der Waals surface area contributed by atoms with E-state index in [2.05, 4.69) is 5.32 Å². The van der Waals surface area contributed by atoms with Crippen molar-refractivity contribution in [2.24, 2.45) is 5.73 Å². The maximum absolute atomic E-state index is 11.4. The summed E-state index contributed by atoms with van der Waals surface area (Å²) in [5.41, 5.74) is 11.6. The maximum Gasteiger partial charge on any atom is 0.261 e. The van der Waals surface area contributed by atoms with Crippen LogP contribution in [0.15, 0.2) is 0 Å². The second-order valence-electron chi connectivity index (χ2n) is 4.74. The predicted molar refractivity (Wildman–Crippen MR) is 82.6 cm³/mol. The highest BCUT2D eigenvalue weighted by Gasteiger charge is 2.23. The second kappa shape index (κ2) is 7.35. The fourth-order valence-corrected chi connectivity index (χ4v) is 2.69. The number of rotatable bonds is 8. The number of nitrogens with two attached hydrogens (primary N) is 2. The molecule has 0 radical (unpaired) electrons. The average Bonchev–Trinajstić information content (AvgIpc) is 2.66. The van der Waals surface area contributed by atoms with Crippen LogP contribution in [0.3, 0.4) is 0 Å². The van der Waals surface area contributed by atoms with Gasteiger partial charge in [-0.05, 0) is 20.3 Å². The van der Waals surface area contributed by atoms with E-state index in [-0.39, 0.29) is 12.1 Å². The Morgan fingerprint density at radius 1 is 1.45 bits per heavy atom. The molecule has 0 aliphatic carbocycles. The Morgan fingerprint density at radius 2 is 2.10 bits per heavy atom. The fraction of sp³-hybridized carbons (Fsp3) is 0.615. The molecule has 1 atom stereocenters. The van der Waals surface area contributed by atoms with Crippen LogP contribution in [0.5, 0.6) is 5.75 Å². The number of primary amides is 1. The van der Waals surface area contributed by atoms with E-state index in [9.17, 15) is 4.79 Å². The van der Waals surface area contributed by atoms with Crippen LogP contribution >= 0.6 is 11.3 Å². The molecule has 0 saturated carbocycles. The number of hydrogen-bond donors (Lipinski definition) is 3. The Morgan fingerprint density at radius 3 is 2.55 bits per heavy atom. The van der Waals surface area contributed by atoms with Crippen molar-refractivity contribution >= 4 is 27.9 Å². The van der Waals surface area contributed by atoms with Gasteiger partial charge in [0.15, 0.2) is 5.75 Å². The summed E-state index contributed by atoms with van der Waals surface area (Å²) < 4.78 is 10.9. The number of anilines is 2. The number of ether oxygens (including phenoxy) is 2. The number of thiophene rings is 1. The van der Waals surface area contributed by atoms with E-state index >= 15 is 0 Å². The van der Waals surface area contributed by atoms with Crippen LogP contribution < -0.4 is 21.5 Å². The highest BCUT2D eigenvalue weighted by Crippen LogP contribution is 2.43. The first-order valence-electron chi connectivity index (χ1n) is 6.54. The third-order valence-corrected chi connectivity index (χ3v) is 3.81. The summed E-state index contributed by atoms with van der Waals surface area (Å²) in [6, 6.07) is 0.119. The number of nitrogen functional groups attached to an aromatic ring is 1. The SMILES string of the molecule is CCC(COC)Nc1sc(C(N)=O)c(N)c1OC(C)C. The van der Waals surface area contributed by atoms with Crippen molar-refractivity contribution < 1.29 is 14.3 Å². The number of methoxy groups -OCH3 is 1. The number of carbonyl (C=O) groups excluding carboxylic acids is 1. The third kappa shape index (κ3) is 4.01. The summed E-state index contributed by atoms with van der Waals surface area (Å²) in [7, 11) is 1.65. The number of hydrogen-bond acceptors (Lipinski definition) is 6. The molecular weight excluding hydrogens is 278 g/mol. The van der Waals surface area contributed by atoms with Crippen LogP contribution in [0.25, 0.3) is 0 Å². The quantitative estimate of drug-likeness (QED) is 0.682. The summed E-state index contributed by atoms with van der Waals surface area (Å²) in [6.07, 6.45) is 0.828. The van der Waals surface area contributed by atoms with Crippen LogP contribution in [-0.4, -0.2) is 31.8 Å². The van der Waals surface area contributed by atoms with E-state index in [0.29, 0.717) is 27.9 Å². The van der Waals surface area contributed by atoms with Gasteiger partial charge in [0, 0.05) is 7.11 Å². The van der Waals surface area contributed by atoms with Crippen molar-refractivity contribution in [3.63, 3.8) is 0 Å². The Labute approximate surface area is 123 Å². The minimum absolute atomic E-state index is 0.0457. The van der Waals surface area contributed by atoms with Gasteiger partial charge >= 0.3 is 0 Å². The number of nitrogens with one attached hydrogen (secondary N) is 1. The van der Waals surface area contributed by atoms with Crippen LogP contribution in [0, 0.1) is 0 Å². The molecule has 0 bridgehead atoms. The van der Waals surface area contributed by atoms with E-state index in [4.69, 9.17) is 20.9 Å². The summed E-state index contributed by atoms with van der Waals surface area (Å²) in [6.45, 7) is 6.40. The van der Waals surface area contributed by atoms with Crippen molar-refractivity contribution in [2.75, 3.05) is 24.8 Å². The van der Waals surface area contributed by atoms with Gasteiger partial charge in [-0.2, -0.15) is 0 Å². The Balaban J connectivity index is 3.09. The molecule has 0 aromatic carbocycles. The van der Waals surface area contributed by atoms with Crippen molar-refractivity contribution in [2.45, 2.75) is 39.3 Å². The largest absolute Gasteiger partial charge is 0.486 e. The summed E-state index contributed by atoms with van der Waals surface area (Å²) in [5, 5.41) is 4.02. The van der Waals surface area contributed by atoms with Crippen molar-refractivity contribution in [1.29, 1.82) is 0 Å². The van der Waals surface area contributed by atoms with E-state index in [1.807, 2.05) is 20.8 Å². The molecule has 5 N–H and O–H groups in total. The van der Waals surface area contributed by atoms with E-state index in [1.54, 1.807) is 7.11 Å². The molecule has 1 amide bonds. The highest BCUT2D eigenvalue weighted by atomic mass is 32.1. The molecule has 0 spiro atoms. The average molecular weight is 301 g/mol. The van der Waals surface area contributed by atoms with Gasteiger partial charge in [-0.25, -0.2) is 0 Å². The lowest BCUT2D eigenvalue weighted by Gasteiger charge is -2.18. The van der Waals surface area contributed by atoms with Gasteiger partial charge in [-0.15, -0.1) is 11.3 Å². The molecule has 20 heavy (non-hydrogen) atoms. The molecular formula is C13H23N3O3S. The molecule has 6 nitrogen and oxygen atoms in total. The Kier molecular flexibility index (Phi) is 6.09. The fourth-order valence-electron chi connectivity index (χ4n) is 1.71. The molecule has 0 fully saturated rings. The third-order valence-electron chi connectivity index (χ3n) is 2.67. The molecule has 114 valence electrons. The Hall–Kier alpha value is -1.47. The van der Waals surface area contributed by atoms with Gasteiger partial charge in [0.1, 0.15) is 15.6 Å². The molecule has 0 aliphatic rings. The van der Waals surface area contributed by atoms with Crippen LogP contribution in [-0.2, 0) is 4.74 Å². The lowest BCUT2D eigenvalue weighted by molar-refractivity contribution is 0.100. The molecule has 1 unspecified atom stereocenters. The van der Waals surface area contributed by atoms with Gasteiger partial charge in [0.2, 0.25) is 0 Å². The van der Waals surface area contributed by atoms with E-state index < -0.39 is 5.91 Å². The monoisotopic (exact) mass is 301 g/mol. The first-order valence-corrected chi connectivity index (χ1v) is 7.36. The molecule has 0 saturated heterocycles. The standard InChI is InChI=1S/C13H23N3O3S/c1-5-8(6-18-4)16-13-10(19-7(2)3)9(14)11(20-13)12(15)17/h7-8,16H,5-6,14H2,1-4H3,(H2,15,17). The maximum atomic E-state index is 11.4. The van der Waals surface area contributed by atoms with E-state index in [1.165, 1.54) is 11.3 Å². The molecule has 1 heterocycles. The zero-order valence-electron chi connectivity index (χ0n) is 12.4. The van der Waals surface area contributed by atoms with E-state index in [0.717, 1.165) is 6.42 Å². The van der Waals surface area contributed by atoms with Crippen molar-refractivity contribution in [1.82, 2.24) is 0 Å². The highest BCUT2D eigenvalue weighted by molar-refractivity contribution is 7.19. The molecule has 7 heteroatoms. The predicted octanol–water partition coefficient (Wildman–Crippen LogP) is 2.05. The molecule has 1 aromatic heterocycles. The van der Waals surface area contributed by atoms with Gasteiger partial charge in [-0.1, -0.05) is 6.92 Å². The van der Waals surface area contributed by atoms with Crippen LogP contribution in [0.2, 0.25) is 0 Å². The normalized spacial score (nSPS) is 12.4. The van der Waals surface area contributed by atoms with Gasteiger partial charge in [0.25, 0.3) is 5.91 Å². The zero-order valence-corrected chi connectivity index (χ0v) is 13.2. The molecule has 1 rings (SSSR count). The minimum Gasteiger partial charge on any atom is -0.486 e. The van der Waals surface area contributed by atoms with Gasteiger partial charge in [-0.3, -0.25) is 4.79 Å². The topological polar surface area (TPSA) is 99.6 Å².